The second-order valence-electron chi connectivity index (χ2n) is 14.2. The summed E-state index contributed by atoms with van der Waals surface area (Å²) in [5.41, 5.74) is 2.89. The van der Waals surface area contributed by atoms with Gasteiger partial charge in [0.25, 0.3) is 0 Å². The van der Waals surface area contributed by atoms with Gasteiger partial charge in [-0.15, -0.1) is 0 Å². The van der Waals surface area contributed by atoms with Crippen LogP contribution in [-0.2, 0) is 54.6 Å². The number of aliphatic hydroxyl groups excluding tert-OH is 2. The van der Waals surface area contributed by atoms with Crippen molar-refractivity contribution in [2.75, 3.05) is 0 Å². The Morgan fingerprint density at radius 2 is 0.768 bits per heavy atom. The maximum atomic E-state index is 13.7. The van der Waals surface area contributed by atoms with Crippen molar-refractivity contribution in [3.05, 3.63) is 144 Å². The molecule has 0 saturated heterocycles. The molecule has 0 aliphatic carbocycles. The monoisotopic (exact) mass is 768 g/mol. The minimum atomic E-state index is -1.78. The summed E-state index contributed by atoms with van der Waals surface area (Å²) in [4.78, 5) is 53.1. The average molecular weight is 769 g/mol. The van der Waals surface area contributed by atoms with E-state index < -0.39 is 72.5 Å². The van der Waals surface area contributed by atoms with Crippen molar-refractivity contribution in [2.24, 2.45) is 11.8 Å². The molecule has 4 rings (SSSR count). The Hall–Kier alpha value is -5.72. The number of rotatable bonds is 19. The number of carbonyl (C=O) groups excluding carboxylic acids is 4. The Labute approximate surface area is 328 Å². The van der Waals surface area contributed by atoms with E-state index in [1.165, 1.54) is 0 Å². The van der Waals surface area contributed by atoms with Gasteiger partial charge in [0.05, 0.1) is 0 Å². The van der Waals surface area contributed by atoms with Crippen LogP contribution in [0.5, 0.6) is 0 Å². The fraction of sp³-hybridized carbons (Fsp3) is 0.364. The number of amides is 2. The van der Waals surface area contributed by atoms with Gasteiger partial charge in [0.1, 0.15) is 49.7 Å². The Bertz CT molecular complexity index is 1660. The lowest BCUT2D eigenvalue weighted by molar-refractivity contribution is -0.178. The number of alkyl carbamates (subject to hydrolysis) is 2. The van der Waals surface area contributed by atoms with Crippen LogP contribution in [0.25, 0.3) is 0 Å². The number of nitrogens with one attached hydrogen (secondary N) is 2. The predicted molar refractivity (Wildman–Crippen MR) is 209 cm³/mol. The lowest BCUT2D eigenvalue weighted by atomic mass is 9.93. The molecule has 0 aliphatic heterocycles. The number of aliphatic hydroxyl groups is 2. The summed E-state index contributed by atoms with van der Waals surface area (Å²) in [5.74, 6) is -2.62. The molecule has 0 fully saturated rings. The number of hydrogen-bond donors (Lipinski definition) is 4. The largest absolute Gasteiger partial charge is 0.458 e. The van der Waals surface area contributed by atoms with Gasteiger partial charge in [-0.2, -0.15) is 0 Å². The number of benzene rings is 4. The number of carbonyl (C=O) groups is 4. The third kappa shape index (κ3) is 13.8. The first-order valence-electron chi connectivity index (χ1n) is 18.7. The van der Waals surface area contributed by atoms with Gasteiger partial charge in [-0.25, -0.2) is 19.2 Å². The molecular formula is C44H52N2O10. The van der Waals surface area contributed by atoms with E-state index in [-0.39, 0.29) is 26.1 Å². The van der Waals surface area contributed by atoms with Crippen LogP contribution in [0.1, 0.15) is 49.9 Å². The zero-order valence-corrected chi connectivity index (χ0v) is 32.2. The molecule has 12 nitrogen and oxygen atoms in total. The zero-order valence-electron chi connectivity index (χ0n) is 32.2. The maximum absolute atomic E-state index is 13.7. The molecule has 0 aromatic heterocycles. The summed E-state index contributed by atoms with van der Waals surface area (Å²) in [6, 6.07) is 33.6. The topological polar surface area (TPSA) is 170 Å². The van der Waals surface area contributed by atoms with Gasteiger partial charge in [0, 0.05) is 12.8 Å². The highest BCUT2D eigenvalue weighted by Gasteiger charge is 2.40. The van der Waals surface area contributed by atoms with Crippen LogP contribution in [0.2, 0.25) is 0 Å². The lowest BCUT2D eigenvalue weighted by Gasteiger charge is -2.33. The Kier molecular flexibility index (Phi) is 16.9. The van der Waals surface area contributed by atoms with Gasteiger partial charge in [0.15, 0.2) is 0 Å². The molecule has 0 saturated carbocycles. The highest BCUT2D eigenvalue weighted by Crippen LogP contribution is 2.21. The number of ether oxygens (including phenoxy) is 4. The summed E-state index contributed by atoms with van der Waals surface area (Å²) < 4.78 is 22.5. The first kappa shape index (κ1) is 43.0. The molecule has 4 N–H and O–H groups in total. The highest BCUT2D eigenvalue weighted by atomic mass is 16.6. The van der Waals surface area contributed by atoms with Crippen molar-refractivity contribution in [2.45, 2.75) is 90.2 Å². The minimum absolute atomic E-state index is 0.0162. The molecule has 56 heavy (non-hydrogen) atoms. The van der Waals surface area contributed by atoms with Gasteiger partial charge >= 0.3 is 24.1 Å². The molecule has 298 valence electrons. The fourth-order valence-corrected chi connectivity index (χ4v) is 5.82. The van der Waals surface area contributed by atoms with E-state index in [0.29, 0.717) is 11.1 Å². The first-order chi connectivity index (χ1) is 26.9. The van der Waals surface area contributed by atoms with Crippen LogP contribution in [-0.4, -0.2) is 70.8 Å². The van der Waals surface area contributed by atoms with E-state index in [0.717, 1.165) is 11.1 Å². The summed E-state index contributed by atoms with van der Waals surface area (Å²) in [6.45, 7) is 6.83. The molecule has 0 radical (unpaired) electrons. The van der Waals surface area contributed by atoms with Gasteiger partial charge in [-0.05, 0) is 34.1 Å². The Balaban J connectivity index is 1.53. The van der Waals surface area contributed by atoms with Crippen molar-refractivity contribution in [1.82, 2.24) is 10.6 Å². The van der Waals surface area contributed by atoms with Crippen LogP contribution in [0.4, 0.5) is 9.59 Å². The predicted octanol–water partition coefficient (Wildman–Crippen LogP) is 5.92. The molecule has 4 aromatic rings. The standard InChI is InChI=1S/C44H52N2O10/c1-29(2)37(45-43(51)53-27-33-21-13-7-14-22-33)41(49)55-35(25-31-17-9-5-10-18-31)39(47)40(48)36(26-32-19-11-6-12-20-32)56-42(50)38(30(3)4)46-44(52)54-28-34-23-15-8-16-24-34/h5-24,29-30,35-40,47-48H,25-28H2,1-4H3,(H,45,51)(H,46,52)/t35?,36?,37-,38-,39?,40?/m0/s1. The highest BCUT2D eigenvalue weighted by molar-refractivity contribution is 5.82. The maximum Gasteiger partial charge on any atom is 0.408 e. The van der Waals surface area contributed by atoms with E-state index in [1.807, 2.05) is 48.5 Å². The average Bonchev–Trinajstić information content (AvgIpc) is 3.20. The molecule has 2 amide bonds. The molecule has 0 bridgehead atoms. The van der Waals surface area contributed by atoms with E-state index in [4.69, 9.17) is 18.9 Å². The Morgan fingerprint density at radius 3 is 1.05 bits per heavy atom. The molecule has 4 unspecified atom stereocenters. The quantitative estimate of drug-likeness (QED) is 0.0664. The van der Waals surface area contributed by atoms with Gasteiger partial charge in [-0.3, -0.25) is 0 Å². The summed E-state index contributed by atoms with van der Waals surface area (Å²) in [6.07, 6.45) is -7.99. The van der Waals surface area contributed by atoms with Crippen molar-refractivity contribution in [3.8, 4) is 0 Å². The van der Waals surface area contributed by atoms with Crippen LogP contribution in [0, 0.1) is 11.8 Å². The van der Waals surface area contributed by atoms with Crippen molar-refractivity contribution >= 4 is 24.1 Å². The van der Waals surface area contributed by atoms with Crippen LogP contribution in [0.3, 0.4) is 0 Å². The van der Waals surface area contributed by atoms with Crippen LogP contribution < -0.4 is 10.6 Å². The second-order valence-corrected chi connectivity index (χ2v) is 14.2. The van der Waals surface area contributed by atoms with E-state index in [9.17, 15) is 29.4 Å². The molecule has 0 heterocycles. The van der Waals surface area contributed by atoms with E-state index in [2.05, 4.69) is 10.6 Å². The molecule has 0 spiro atoms. The molecule has 12 heteroatoms. The molecule has 0 aliphatic rings. The lowest BCUT2D eigenvalue weighted by Crippen LogP contribution is -2.53. The summed E-state index contributed by atoms with van der Waals surface area (Å²) in [7, 11) is 0. The number of hydrogen-bond acceptors (Lipinski definition) is 10. The smallest absolute Gasteiger partial charge is 0.408 e. The minimum Gasteiger partial charge on any atom is -0.458 e. The van der Waals surface area contributed by atoms with Crippen LogP contribution >= 0.6 is 0 Å². The van der Waals surface area contributed by atoms with Gasteiger partial charge in [0.2, 0.25) is 0 Å². The molecule has 4 aromatic carbocycles. The number of esters is 2. The third-order valence-corrected chi connectivity index (χ3v) is 9.02. The van der Waals surface area contributed by atoms with E-state index >= 15 is 0 Å². The summed E-state index contributed by atoms with van der Waals surface area (Å²) in [5, 5.41) is 28.8. The molecular weight excluding hydrogens is 716 g/mol. The summed E-state index contributed by atoms with van der Waals surface area (Å²) >= 11 is 0. The van der Waals surface area contributed by atoms with Gasteiger partial charge in [-0.1, -0.05) is 149 Å². The first-order valence-corrected chi connectivity index (χ1v) is 18.7. The second kappa shape index (κ2) is 22.0. The Morgan fingerprint density at radius 1 is 0.482 bits per heavy atom. The van der Waals surface area contributed by atoms with Crippen molar-refractivity contribution in [3.63, 3.8) is 0 Å². The SMILES string of the molecule is CC(C)[C@H](NC(=O)OCc1ccccc1)C(=O)OC(Cc1ccccc1)C(O)C(O)C(Cc1ccccc1)OC(=O)[C@@H](NC(=O)OCc1ccccc1)C(C)C. The zero-order chi connectivity index (χ0) is 40.5. The third-order valence-electron chi connectivity index (χ3n) is 9.02. The van der Waals surface area contributed by atoms with Crippen LogP contribution in [0.15, 0.2) is 121 Å². The molecule has 6 atom stereocenters. The van der Waals surface area contributed by atoms with Gasteiger partial charge < -0.3 is 39.8 Å². The van der Waals surface area contributed by atoms with E-state index in [1.54, 1.807) is 100 Å². The fourth-order valence-electron chi connectivity index (χ4n) is 5.82. The van der Waals surface area contributed by atoms with Crippen molar-refractivity contribution in [1.29, 1.82) is 0 Å². The normalized spacial score (nSPS) is 14.4. The van der Waals surface area contributed by atoms with Crippen molar-refractivity contribution < 1.29 is 48.3 Å².